The van der Waals surface area contributed by atoms with Crippen LogP contribution in [0.2, 0.25) is 0 Å². The third-order valence-corrected chi connectivity index (χ3v) is 7.40. The number of aromatic nitrogens is 2. The van der Waals surface area contributed by atoms with Crippen LogP contribution in [0.25, 0.3) is 0 Å². The van der Waals surface area contributed by atoms with E-state index in [0.29, 0.717) is 25.3 Å². The maximum atomic E-state index is 15.2. The molecule has 2 fully saturated rings. The monoisotopic (exact) mass is 556 g/mol. The average Bonchev–Trinajstić information content (AvgIpc) is 3.13. The molecule has 2 amide bonds. The van der Waals surface area contributed by atoms with Crippen LogP contribution in [0.15, 0.2) is 55.0 Å². The third kappa shape index (κ3) is 4.54. The van der Waals surface area contributed by atoms with Gasteiger partial charge in [0.05, 0.1) is 23.0 Å². The number of amides is 2. The summed E-state index contributed by atoms with van der Waals surface area (Å²) in [6.45, 7) is 0.143. The zero-order valence-electron chi connectivity index (χ0n) is 20.1. The largest absolute Gasteiger partial charge is 0.419 e. The van der Waals surface area contributed by atoms with E-state index in [4.69, 9.17) is 5.26 Å². The first kappa shape index (κ1) is 26.4. The normalized spacial score (nSPS) is 18.2. The standard InChI is InChI=1S/C26H20F4N6O2S/c27-20-10-16(4-5-18(20)22(37)34-13-15-3-1-8-32-12-15)36-24(39)35(23(38)25(36)6-2-7-25)17-9-19(26(28,29)30)21(11-31)33-14-17/h1,3-5,8-10,12,14,24,39H,2,6-7,13H2,(H,34,37). The fraction of sp³-hybridized carbons (Fsp3) is 0.269. The van der Waals surface area contributed by atoms with Gasteiger partial charge in [0.1, 0.15) is 17.4 Å². The van der Waals surface area contributed by atoms with E-state index in [-0.39, 0.29) is 23.5 Å². The Morgan fingerprint density at radius 1 is 1.21 bits per heavy atom. The molecule has 2 aliphatic rings. The van der Waals surface area contributed by atoms with Gasteiger partial charge in [-0.25, -0.2) is 9.37 Å². The summed E-state index contributed by atoms with van der Waals surface area (Å²) < 4.78 is 55.9. The number of pyridine rings is 2. The second-order valence-electron chi connectivity index (χ2n) is 9.18. The number of nitriles is 1. The Bertz CT molecular complexity index is 1490. The number of carbonyl (C=O) groups excluding carboxylic acids is 2. The highest BCUT2D eigenvalue weighted by atomic mass is 32.1. The molecule has 13 heteroatoms. The zero-order chi connectivity index (χ0) is 27.9. The summed E-state index contributed by atoms with van der Waals surface area (Å²) >= 11 is 4.55. The fourth-order valence-corrected chi connectivity index (χ4v) is 5.47. The highest BCUT2D eigenvalue weighted by Crippen LogP contribution is 2.50. The smallest absolute Gasteiger partial charge is 0.348 e. The van der Waals surface area contributed by atoms with Crippen LogP contribution >= 0.6 is 12.6 Å². The van der Waals surface area contributed by atoms with Crippen molar-refractivity contribution in [2.75, 3.05) is 9.80 Å². The van der Waals surface area contributed by atoms with Crippen molar-refractivity contribution < 1.29 is 27.2 Å². The van der Waals surface area contributed by atoms with Crippen LogP contribution in [0.1, 0.15) is 46.4 Å². The Morgan fingerprint density at radius 2 is 1.97 bits per heavy atom. The Kier molecular flexibility index (Phi) is 6.67. The van der Waals surface area contributed by atoms with Gasteiger partial charge in [-0.15, -0.1) is 12.6 Å². The maximum Gasteiger partial charge on any atom is 0.419 e. The number of carbonyl (C=O) groups is 2. The second kappa shape index (κ2) is 9.85. The highest BCUT2D eigenvalue weighted by molar-refractivity contribution is 7.81. The molecule has 1 aliphatic carbocycles. The molecule has 3 aromatic rings. The quantitative estimate of drug-likeness (QED) is 0.356. The minimum atomic E-state index is -4.87. The predicted molar refractivity (Wildman–Crippen MR) is 135 cm³/mol. The molecule has 1 saturated carbocycles. The van der Waals surface area contributed by atoms with Crippen LogP contribution in [0.5, 0.6) is 0 Å². The molecule has 1 spiro atoms. The Balaban J connectivity index is 1.45. The van der Waals surface area contributed by atoms with Gasteiger partial charge >= 0.3 is 6.18 Å². The number of nitrogens with zero attached hydrogens (tertiary/aromatic N) is 5. The Hall–Kier alpha value is -4.18. The predicted octanol–water partition coefficient (Wildman–Crippen LogP) is 4.43. The topological polar surface area (TPSA) is 102 Å². The first-order valence-electron chi connectivity index (χ1n) is 11.8. The molecule has 8 nitrogen and oxygen atoms in total. The molecule has 0 radical (unpaired) electrons. The van der Waals surface area contributed by atoms with Gasteiger partial charge < -0.3 is 10.2 Å². The summed E-state index contributed by atoms with van der Waals surface area (Å²) in [6.07, 6.45) is 0.739. The second-order valence-corrected chi connectivity index (χ2v) is 9.65. The van der Waals surface area contributed by atoms with Crippen LogP contribution in [-0.4, -0.2) is 32.8 Å². The van der Waals surface area contributed by atoms with Gasteiger partial charge in [0.2, 0.25) is 0 Å². The number of nitrogens with one attached hydrogen (secondary N) is 1. The van der Waals surface area contributed by atoms with Gasteiger partial charge in [0.15, 0.2) is 11.2 Å². The lowest BCUT2D eigenvalue weighted by Gasteiger charge is -2.44. The van der Waals surface area contributed by atoms with Gasteiger partial charge in [0, 0.05) is 24.6 Å². The molecule has 1 unspecified atom stereocenters. The third-order valence-electron chi connectivity index (χ3n) is 6.93. The summed E-state index contributed by atoms with van der Waals surface area (Å²) in [7, 11) is 0. The van der Waals surface area contributed by atoms with Gasteiger partial charge in [-0.2, -0.15) is 18.4 Å². The molecule has 200 valence electrons. The first-order chi connectivity index (χ1) is 18.6. The van der Waals surface area contributed by atoms with Crippen molar-refractivity contribution in [1.82, 2.24) is 15.3 Å². The minimum absolute atomic E-state index is 0.143. The molecule has 5 rings (SSSR count). The molecule has 1 atom stereocenters. The van der Waals surface area contributed by atoms with Crippen molar-refractivity contribution >= 4 is 35.8 Å². The van der Waals surface area contributed by atoms with Crippen LogP contribution in [0.4, 0.5) is 28.9 Å². The van der Waals surface area contributed by atoms with E-state index in [1.807, 2.05) is 0 Å². The van der Waals surface area contributed by atoms with E-state index >= 15 is 4.39 Å². The van der Waals surface area contributed by atoms with Crippen molar-refractivity contribution in [3.8, 4) is 6.07 Å². The van der Waals surface area contributed by atoms with E-state index in [0.717, 1.165) is 22.7 Å². The molecule has 1 aromatic carbocycles. The average molecular weight is 557 g/mol. The summed E-state index contributed by atoms with van der Waals surface area (Å²) in [5.74, 6) is -1.99. The zero-order valence-corrected chi connectivity index (χ0v) is 21.0. The minimum Gasteiger partial charge on any atom is -0.348 e. The lowest BCUT2D eigenvalue weighted by molar-refractivity contribution is -0.138. The van der Waals surface area contributed by atoms with E-state index in [2.05, 4.69) is 27.9 Å². The van der Waals surface area contributed by atoms with E-state index < -0.39 is 46.1 Å². The number of hydrogen-bond acceptors (Lipinski definition) is 7. The van der Waals surface area contributed by atoms with E-state index in [1.165, 1.54) is 18.2 Å². The molecule has 3 heterocycles. The molecular formula is C26H20F4N6O2S. The number of hydrogen-bond donors (Lipinski definition) is 2. The van der Waals surface area contributed by atoms with Crippen molar-refractivity contribution in [2.45, 2.75) is 43.0 Å². The number of halogens is 4. The summed E-state index contributed by atoms with van der Waals surface area (Å²) in [5, 5.41) is 11.7. The molecule has 1 N–H and O–H groups in total. The number of thiol groups is 1. The Morgan fingerprint density at radius 3 is 2.56 bits per heavy atom. The first-order valence-corrected chi connectivity index (χ1v) is 12.3. The van der Waals surface area contributed by atoms with E-state index in [9.17, 15) is 22.8 Å². The molecule has 1 saturated heterocycles. The summed E-state index contributed by atoms with van der Waals surface area (Å²) in [6, 6.07) is 9.44. The maximum absolute atomic E-state index is 15.2. The Labute approximate surface area is 225 Å². The summed E-state index contributed by atoms with van der Waals surface area (Å²) in [4.78, 5) is 36.4. The van der Waals surface area contributed by atoms with Gasteiger partial charge in [-0.3, -0.25) is 19.5 Å². The van der Waals surface area contributed by atoms with Gasteiger partial charge in [-0.05, 0) is 55.2 Å². The summed E-state index contributed by atoms with van der Waals surface area (Å²) in [5.41, 5.74) is -3.76. The van der Waals surface area contributed by atoms with Crippen LogP contribution in [-0.2, 0) is 17.5 Å². The van der Waals surface area contributed by atoms with Gasteiger partial charge in [-0.1, -0.05) is 6.07 Å². The SMILES string of the molecule is N#Cc1ncc(N2C(=O)C3(CCC3)N(c3ccc(C(=O)NCc4cccnc4)c(F)c3)C2S)cc1C(F)(F)F. The molecule has 39 heavy (non-hydrogen) atoms. The molecule has 2 aromatic heterocycles. The molecule has 0 bridgehead atoms. The van der Waals surface area contributed by atoms with Crippen LogP contribution < -0.4 is 15.1 Å². The number of rotatable bonds is 5. The van der Waals surface area contributed by atoms with Crippen molar-refractivity contribution in [1.29, 1.82) is 5.26 Å². The number of benzene rings is 1. The lowest BCUT2D eigenvalue weighted by atomic mass is 9.75. The molecule has 1 aliphatic heterocycles. The number of anilines is 2. The molecular weight excluding hydrogens is 536 g/mol. The number of alkyl halides is 3. The van der Waals surface area contributed by atoms with Gasteiger partial charge in [0.25, 0.3) is 11.8 Å². The van der Waals surface area contributed by atoms with Crippen LogP contribution in [0, 0.1) is 17.1 Å². The van der Waals surface area contributed by atoms with Crippen molar-refractivity contribution in [2.24, 2.45) is 0 Å². The fourth-order valence-electron chi connectivity index (χ4n) is 4.88. The van der Waals surface area contributed by atoms with E-state index in [1.54, 1.807) is 29.4 Å². The van der Waals surface area contributed by atoms with Crippen molar-refractivity contribution in [3.05, 3.63) is 83.2 Å². The highest BCUT2D eigenvalue weighted by Gasteiger charge is 2.60. The lowest BCUT2D eigenvalue weighted by Crippen LogP contribution is -2.55. The van der Waals surface area contributed by atoms with Crippen LogP contribution in [0.3, 0.4) is 0 Å². The van der Waals surface area contributed by atoms with Crippen molar-refractivity contribution in [3.63, 3.8) is 0 Å².